The first kappa shape index (κ1) is 18.9. The minimum Gasteiger partial charge on any atom is -0.359 e. The Morgan fingerprint density at radius 3 is 2.05 bits per heavy atom. The van der Waals surface area contributed by atoms with Gasteiger partial charge in [-0.15, -0.1) is 0 Å². The number of ether oxygens (including phenoxy) is 2. The Balaban J connectivity index is 0.00000106. The Morgan fingerprint density at radius 1 is 1.05 bits per heavy atom. The Kier molecular flexibility index (Phi) is 8.22. The highest BCUT2D eigenvalue weighted by Crippen LogP contribution is 2.36. The number of hydrogen-bond acceptors (Lipinski definition) is 3. The molecule has 2 fully saturated rings. The van der Waals surface area contributed by atoms with Gasteiger partial charge in [0.15, 0.2) is 0 Å². The van der Waals surface area contributed by atoms with Gasteiger partial charge in [-0.05, 0) is 56.0 Å². The molecule has 1 saturated carbocycles. The molecular weight excluding hydrogens is 262 g/mol. The van der Waals surface area contributed by atoms with Gasteiger partial charge < -0.3 is 14.4 Å². The van der Waals surface area contributed by atoms with Gasteiger partial charge in [0.05, 0.1) is 6.10 Å². The van der Waals surface area contributed by atoms with Crippen LogP contribution in [0.15, 0.2) is 0 Å². The van der Waals surface area contributed by atoms with Crippen molar-refractivity contribution in [2.75, 3.05) is 33.5 Å². The molecule has 3 heteroatoms. The minimum atomic E-state index is 0.196. The predicted molar refractivity (Wildman–Crippen MR) is 89.4 cm³/mol. The van der Waals surface area contributed by atoms with E-state index in [1.54, 1.807) is 7.11 Å². The molecule has 1 aliphatic heterocycles. The van der Waals surface area contributed by atoms with E-state index in [1.807, 2.05) is 13.8 Å². The third-order valence-corrected chi connectivity index (χ3v) is 4.49. The molecule has 0 amide bonds. The van der Waals surface area contributed by atoms with Crippen molar-refractivity contribution in [3.05, 3.63) is 0 Å². The maximum absolute atomic E-state index is 5.98. The Hall–Kier alpha value is -0.120. The van der Waals surface area contributed by atoms with Crippen LogP contribution in [0.3, 0.4) is 0 Å². The number of nitrogens with zero attached hydrogens (tertiary/aromatic N) is 1. The number of piperidine rings is 1. The van der Waals surface area contributed by atoms with Gasteiger partial charge in [0.1, 0.15) is 6.79 Å². The van der Waals surface area contributed by atoms with Gasteiger partial charge in [0.25, 0.3) is 0 Å². The highest BCUT2D eigenvalue weighted by Gasteiger charge is 2.36. The quantitative estimate of drug-likeness (QED) is 0.687. The summed E-state index contributed by atoms with van der Waals surface area (Å²) in [5.41, 5.74) is 0.196. The van der Waals surface area contributed by atoms with Crippen LogP contribution in [0.5, 0.6) is 0 Å². The molecule has 0 aromatic rings. The van der Waals surface area contributed by atoms with Crippen LogP contribution in [0.1, 0.15) is 60.3 Å². The van der Waals surface area contributed by atoms with E-state index in [0.717, 1.165) is 5.92 Å². The molecule has 1 atom stereocenters. The summed E-state index contributed by atoms with van der Waals surface area (Å²) in [5.74, 6) is 1.70. The third-order valence-electron chi connectivity index (χ3n) is 4.49. The lowest BCUT2D eigenvalue weighted by molar-refractivity contribution is -0.136. The van der Waals surface area contributed by atoms with E-state index in [-0.39, 0.29) is 5.41 Å². The van der Waals surface area contributed by atoms with Crippen LogP contribution in [0.25, 0.3) is 0 Å². The molecule has 1 unspecified atom stereocenters. The zero-order valence-corrected chi connectivity index (χ0v) is 15.2. The van der Waals surface area contributed by atoms with Gasteiger partial charge >= 0.3 is 0 Å². The maximum Gasteiger partial charge on any atom is 0.146 e. The van der Waals surface area contributed by atoms with Crippen molar-refractivity contribution in [3.8, 4) is 0 Å². The van der Waals surface area contributed by atoms with Crippen LogP contribution in [-0.2, 0) is 9.47 Å². The predicted octanol–water partition coefficient (Wildman–Crippen LogP) is 4.17. The number of rotatable bonds is 6. The molecule has 21 heavy (non-hydrogen) atoms. The van der Waals surface area contributed by atoms with Gasteiger partial charge in [0.2, 0.25) is 0 Å². The highest BCUT2D eigenvalue weighted by atomic mass is 16.7. The third kappa shape index (κ3) is 6.66. The monoisotopic (exact) mass is 299 g/mol. The van der Waals surface area contributed by atoms with Gasteiger partial charge in [-0.3, -0.25) is 0 Å². The molecule has 0 spiro atoms. The molecule has 1 aliphatic carbocycles. The van der Waals surface area contributed by atoms with Crippen molar-refractivity contribution >= 4 is 0 Å². The molecule has 3 nitrogen and oxygen atoms in total. The molecule has 0 radical (unpaired) electrons. The SMILES string of the molecule is CC.COCOC(C1CCN(CC2CC2)CC1)C(C)(C)C. The van der Waals surface area contributed by atoms with Crippen LogP contribution >= 0.6 is 0 Å². The van der Waals surface area contributed by atoms with Crippen molar-refractivity contribution in [2.45, 2.75) is 66.4 Å². The molecule has 2 rings (SSSR count). The standard InChI is InChI=1S/C16H31NO2.C2H6/c1-16(2,3)15(19-12-18-4)14-7-9-17(10-8-14)11-13-5-6-13;1-2/h13-15H,5-12H2,1-4H3;1-2H3. The van der Waals surface area contributed by atoms with Crippen LogP contribution in [0, 0.1) is 17.3 Å². The van der Waals surface area contributed by atoms with E-state index in [0.29, 0.717) is 18.8 Å². The summed E-state index contributed by atoms with van der Waals surface area (Å²) in [4.78, 5) is 2.66. The maximum atomic E-state index is 5.98. The normalized spacial score (nSPS) is 22.6. The van der Waals surface area contributed by atoms with Crippen LogP contribution in [-0.4, -0.2) is 44.5 Å². The minimum absolute atomic E-state index is 0.196. The van der Waals surface area contributed by atoms with E-state index < -0.39 is 0 Å². The lowest BCUT2D eigenvalue weighted by atomic mass is 9.77. The largest absolute Gasteiger partial charge is 0.359 e. The Morgan fingerprint density at radius 2 is 1.62 bits per heavy atom. The van der Waals surface area contributed by atoms with Crippen molar-refractivity contribution in [3.63, 3.8) is 0 Å². The van der Waals surface area contributed by atoms with E-state index in [2.05, 4.69) is 25.7 Å². The molecule has 1 saturated heterocycles. The van der Waals surface area contributed by atoms with Gasteiger partial charge in [-0.2, -0.15) is 0 Å². The summed E-state index contributed by atoms with van der Waals surface area (Å²) in [5, 5.41) is 0. The van der Waals surface area contributed by atoms with E-state index in [4.69, 9.17) is 9.47 Å². The zero-order valence-electron chi connectivity index (χ0n) is 15.2. The van der Waals surface area contributed by atoms with Crippen LogP contribution in [0.2, 0.25) is 0 Å². The van der Waals surface area contributed by atoms with E-state index >= 15 is 0 Å². The summed E-state index contributed by atoms with van der Waals surface area (Å²) in [7, 11) is 1.71. The molecule has 126 valence electrons. The highest BCUT2D eigenvalue weighted by molar-refractivity contribution is 4.87. The van der Waals surface area contributed by atoms with E-state index in [1.165, 1.54) is 45.3 Å². The van der Waals surface area contributed by atoms with Crippen molar-refractivity contribution in [2.24, 2.45) is 17.3 Å². The summed E-state index contributed by atoms with van der Waals surface area (Å²) in [6.45, 7) is 15.1. The second-order valence-corrected chi connectivity index (χ2v) is 7.44. The fourth-order valence-electron chi connectivity index (χ4n) is 3.34. The first-order valence-corrected chi connectivity index (χ1v) is 8.83. The summed E-state index contributed by atoms with van der Waals surface area (Å²) in [6, 6.07) is 0. The second kappa shape index (κ2) is 9.12. The number of hydrogen-bond donors (Lipinski definition) is 0. The molecule has 0 aromatic carbocycles. The first-order chi connectivity index (χ1) is 10.0. The fourth-order valence-corrected chi connectivity index (χ4v) is 3.34. The van der Waals surface area contributed by atoms with Crippen LogP contribution in [0.4, 0.5) is 0 Å². The average molecular weight is 299 g/mol. The number of methoxy groups -OCH3 is 1. The summed E-state index contributed by atoms with van der Waals surface area (Å²) >= 11 is 0. The van der Waals surface area contributed by atoms with Crippen molar-refractivity contribution < 1.29 is 9.47 Å². The van der Waals surface area contributed by atoms with E-state index in [9.17, 15) is 0 Å². The number of likely N-dealkylation sites (tertiary alicyclic amines) is 1. The smallest absolute Gasteiger partial charge is 0.146 e. The first-order valence-electron chi connectivity index (χ1n) is 8.83. The topological polar surface area (TPSA) is 21.7 Å². The van der Waals surface area contributed by atoms with Crippen molar-refractivity contribution in [1.82, 2.24) is 4.90 Å². The van der Waals surface area contributed by atoms with Crippen molar-refractivity contribution in [1.29, 1.82) is 0 Å². The van der Waals surface area contributed by atoms with Gasteiger partial charge in [-0.25, -0.2) is 0 Å². The Bertz CT molecular complexity index is 263. The Labute approximate surface area is 132 Å². The van der Waals surface area contributed by atoms with Crippen LogP contribution < -0.4 is 0 Å². The summed E-state index contributed by atoms with van der Waals surface area (Å²) in [6.07, 6.45) is 5.79. The summed E-state index contributed by atoms with van der Waals surface area (Å²) < 4.78 is 11.1. The molecule has 2 aliphatic rings. The fraction of sp³-hybridized carbons (Fsp3) is 1.00. The average Bonchev–Trinajstić information content (AvgIpc) is 3.26. The zero-order chi connectivity index (χ0) is 15.9. The molecular formula is C18H37NO2. The molecule has 0 N–H and O–H groups in total. The van der Waals surface area contributed by atoms with Gasteiger partial charge in [0, 0.05) is 13.7 Å². The molecule has 0 bridgehead atoms. The second-order valence-electron chi connectivity index (χ2n) is 7.44. The lowest BCUT2D eigenvalue weighted by Crippen LogP contribution is -2.44. The van der Waals surface area contributed by atoms with Gasteiger partial charge in [-0.1, -0.05) is 34.6 Å². The molecule has 1 heterocycles. The molecule has 0 aromatic heterocycles. The lowest BCUT2D eigenvalue weighted by Gasteiger charge is -2.41.